The molecule has 0 radical (unpaired) electrons. The van der Waals surface area contributed by atoms with Gasteiger partial charge in [0.05, 0.1) is 11.2 Å². The summed E-state index contributed by atoms with van der Waals surface area (Å²) in [6, 6.07) is 11.3. The SMILES string of the molecule is O=C(OCc1cnccc1Cl)c1cnc(-c2ccccc2)s1. The third kappa shape index (κ3) is 3.32. The minimum absolute atomic E-state index is 0.0874. The maximum atomic E-state index is 12.1. The summed E-state index contributed by atoms with van der Waals surface area (Å²) in [5.41, 5.74) is 1.65. The van der Waals surface area contributed by atoms with Crippen molar-refractivity contribution < 1.29 is 9.53 Å². The van der Waals surface area contributed by atoms with Crippen LogP contribution in [0.5, 0.6) is 0 Å². The van der Waals surface area contributed by atoms with Crippen molar-refractivity contribution in [3.63, 3.8) is 0 Å². The zero-order valence-corrected chi connectivity index (χ0v) is 13.0. The Morgan fingerprint density at radius 1 is 1.18 bits per heavy atom. The molecule has 0 unspecified atom stereocenters. The Bertz CT molecular complexity index is 790. The summed E-state index contributed by atoms with van der Waals surface area (Å²) in [5.74, 6) is -0.417. The average Bonchev–Trinajstić information content (AvgIpc) is 3.05. The monoisotopic (exact) mass is 330 g/mol. The summed E-state index contributed by atoms with van der Waals surface area (Å²) in [7, 11) is 0. The number of aromatic nitrogens is 2. The number of nitrogens with zero attached hydrogens (tertiary/aromatic N) is 2. The molecule has 0 aliphatic carbocycles. The van der Waals surface area contributed by atoms with E-state index in [1.807, 2.05) is 30.3 Å². The van der Waals surface area contributed by atoms with E-state index < -0.39 is 5.97 Å². The van der Waals surface area contributed by atoms with E-state index in [-0.39, 0.29) is 6.61 Å². The first-order valence-electron chi connectivity index (χ1n) is 6.51. The van der Waals surface area contributed by atoms with Gasteiger partial charge in [0.2, 0.25) is 0 Å². The third-order valence-electron chi connectivity index (χ3n) is 2.93. The summed E-state index contributed by atoms with van der Waals surface area (Å²) in [6.45, 7) is 0.0874. The van der Waals surface area contributed by atoms with Crippen LogP contribution >= 0.6 is 22.9 Å². The molecule has 22 heavy (non-hydrogen) atoms. The van der Waals surface area contributed by atoms with E-state index in [2.05, 4.69) is 9.97 Å². The van der Waals surface area contributed by atoms with Gasteiger partial charge in [-0.2, -0.15) is 0 Å². The summed E-state index contributed by atoms with van der Waals surface area (Å²) >= 11 is 7.30. The van der Waals surface area contributed by atoms with Crippen LogP contribution in [-0.2, 0) is 11.3 Å². The van der Waals surface area contributed by atoms with Crippen LogP contribution in [0.15, 0.2) is 55.0 Å². The quantitative estimate of drug-likeness (QED) is 0.672. The topological polar surface area (TPSA) is 52.1 Å². The van der Waals surface area contributed by atoms with Gasteiger partial charge in [-0.15, -0.1) is 11.3 Å². The van der Waals surface area contributed by atoms with Gasteiger partial charge >= 0.3 is 5.97 Å². The zero-order valence-electron chi connectivity index (χ0n) is 11.4. The normalized spacial score (nSPS) is 10.4. The highest BCUT2D eigenvalue weighted by atomic mass is 35.5. The van der Waals surface area contributed by atoms with Gasteiger partial charge in [-0.25, -0.2) is 9.78 Å². The van der Waals surface area contributed by atoms with Gasteiger partial charge in [0.1, 0.15) is 16.5 Å². The van der Waals surface area contributed by atoms with Gasteiger partial charge in [-0.05, 0) is 6.07 Å². The van der Waals surface area contributed by atoms with Crippen LogP contribution in [0, 0.1) is 0 Å². The Hall–Kier alpha value is -2.24. The lowest BCUT2D eigenvalue weighted by Gasteiger charge is -2.04. The summed E-state index contributed by atoms with van der Waals surface area (Å²) < 4.78 is 5.25. The largest absolute Gasteiger partial charge is 0.456 e. The van der Waals surface area contributed by atoms with Crippen LogP contribution < -0.4 is 0 Å². The molecule has 3 aromatic rings. The molecule has 1 aromatic carbocycles. The number of pyridine rings is 1. The smallest absolute Gasteiger partial charge is 0.350 e. The number of ether oxygens (including phenoxy) is 1. The second-order valence-corrected chi connectivity index (χ2v) is 5.88. The Morgan fingerprint density at radius 2 is 2.00 bits per heavy atom. The van der Waals surface area contributed by atoms with Crippen LogP contribution in [0.1, 0.15) is 15.2 Å². The van der Waals surface area contributed by atoms with E-state index in [0.29, 0.717) is 15.5 Å². The average molecular weight is 331 g/mol. The number of benzene rings is 1. The maximum Gasteiger partial charge on any atom is 0.350 e. The van der Waals surface area contributed by atoms with Gasteiger partial charge in [0, 0.05) is 23.5 Å². The molecule has 0 fully saturated rings. The maximum absolute atomic E-state index is 12.1. The fourth-order valence-electron chi connectivity index (χ4n) is 1.81. The van der Waals surface area contributed by atoms with Gasteiger partial charge < -0.3 is 4.74 Å². The molecule has 3 rings (SSSR count). The molecule has 0 bridgehead atoms. The van der Waals surface area contributed by atoms with Gasteiger partial charge in [0.25, 0.3) is 0 Å². The number of carbonyl (C=O) groups excluding carboxylic acids is 1. The van der Waals surface area contributed by atoms with Crippen LogP contribution in [0.2, 0.25) is 5.02 Å². The fraction of sp³-hybridized carbons (Fsp3) is 0.0625. The zero-order chi connectivity index (χ0) is 15.4. The van der Waals surface area contributed by atoms with Crippen molar-refractivity contribution >= 4 is 28.9 Å². The molecule has 0 aliphatic rings. The number of esters is 1. The summed E-state index contributed by atoms with van der Waals surface area (Å²) in [5, 5.41) is 1.31. The van der Waals surface area contributed by atoms with Crippen molar-refractivity contribution in [2.24, 2.45) is 0 Å². The Morgan fingerprint density at radius 3 is 2.77 bits per heavy atom. The summed E-state index contributed by atoms with van der Waals surface area (Å²) in [6.07, 6.45) is 4.70. The van der Waals surface area contributed by atoms with Gasteiger partial charge in [0.15, 0.2) is 0 Å². The summed E-state index contributed by atoms with van der Waals surface area (Å²) in [4.78, 5) is 20.7. The van der Waals surface area contributed by atoms with Crippen molar-refractivity contribution in [3.8, 4) is 10.6 Å². The number of rotatable bonds is 4. The molecule has 0 amide bonds. The first-order chi connectivity index (χ1) is 10.7. The number of hydrogen-bond donors (Lipinski definition) is 0. The highest BCUT2D eigenvalue weighted by Gasteiger charge is 2.13. The minimum atomic E-state index is -0.417. The second kappa shape index (κ2) is 6.68. The predicted octanol–water partition coefficient (Wildman–Crippen LogP) is 4.22. The van der Waals surface area contributed by atoms with Crippen LogP contribution in [-0.4, -0.2) is 15.9 Å². The van der Waals surface area contributed by atoms with E-state index in [1.165, 1.54) is 17.5 Å². The molecule has 0 aliphatic heterocycles. The number of carbonyl (C=O) groups is 1. The lowest BCUT2D eigenvalue weighted by molar-refractivity contribution is 0.0478. The van der Waals surface area contributed by atoms with Crippen molar-refractivity contribution in [2.75, 3.05) is 0 Å². The van der Waals surface area contributed by atoms with Gasteiger partial charge in [-0.3, -0.25) is 4.98 Å². The van der Waals surface area contributed by atoms with Crippen LogP contribution in [0.3, 0.4) is 0 Å². The lowest BCUT2D eigenvalue weighted by atomic mass is 10.2. The molecule has 2 aromatic heterocycles. The van der Waals surface area contributed by atoms with Crippen LogP contribution in [0.4, 0.5) is 0 Å². The highest BCUT2D eigenvalue weighted by Crippen LogP contribution is 2.25. The fourth-order valence-corrected chi connectivity index (χ4v) is 2.79. The molecule has 0 spiro atoms. The van der Waals surface area contributed by atoms with Crippen molar-refractivity contribution in [2.45, 2.75) is 6.61 Å². The molecule has 0 atom stereocenters. The lowest BCUT2D eigenvalue weighted by Crippen LogP contribution is -2.03. The number of halogens is 1. The number of thiazole rings is 1. The van der Waals surface area contributed by atoms with Crippen molar-refractivity contribution in [1.82, 2.24) is 9.97 Å². The van der Waals surface area contributed by atoms with E-state index in [0.717, 1.165) is 10.6 Å². The second-order valence-electron chi connectivity index (χ2n) is 4.44. The van der Waals surface area contributed by atoms with Gasteiger partial charge in [-0.1, -0.05) is 41.9 Å². The highest BCUT2D eigenvalue weighted by molar-refractivity contribution is 7.16. The Labute approximate surface area is 136 Å². The standard InChI is InChI=1S/C16H11ClN2O2S/c17-13-6-7-18-8-12(13)10-21-16(20)14-9-19-15(22-14)11-4-2-1-3-5-11/h1-9H,10H2. The third-order valence-corrected chi connectivity index (χ3v) is 4.33. The van der Waals surface area contributed by atoms with E-state index in [4.69, 9.17) is 16.3 Å². The minimum Gasteiger partial charge on any atom is -0.456 e. The van der Waals surface area contributed by atoms with E-state index >= 15 is 0 Å². The molecule has 0 N–H and O–H groups in total. The Balaban J connectivity index is 1.69. The van der Waals surface area contributed by atoms with Crippen LogP contribution in [0.25, 0.3) is 10.6 Å². The first-order valence-corrected chi connectivity index (χ1v) is 7.70. The molecule has 0 saturated heterocycles. The molecule has 4 nitrogen and oxygen atoms in total. The molecular formula is C16H11ClN2O2S. The Kier molecular flexibility index (Phi) is 4.46. The molecule has 6 heteroatoms. The predicted molar refractivity (Wildman–Crippen MR) is 85.9 cm³/mol. The van der Waals surface area contributed by atoms with E-state index in [1.54, 1.807) is 18.5 Å². The van der Waals surface area contributed by atoms with Crippen molar-refractivity contribution in [3.05, 3.63) is 70.5 Å². The number of hydrogen-bond acceptors (Lipinski definition) is 5. The molecular weight excluding hydrogens is 320 g/mol. The van der Waals surface area contributed by atoms with E-state index in [9.17, 15) is 4.79 Å². The molecule has 2 heterocycles. The molecule has 110 valence electrons. The first kappa shape index (κ1) is 14.7. The van der Waals surface area contributed by atoms with Crippen molar-refractivity contribution in [1.29, 1.82) is 0 Å². The molecule has 0 saturated carbocycles.